The van der Waals surface area contributed by atoms with Crippen molar-refractivity contribution in [2.75, 3.05) is 7.11 Å². The Morgan fingerprint density at radius 1 is 1.42 bits per heavy atom. The van der Waals surface area contributed by atoms with Crippen LogP contribution in [0.1, 0.15) is 42.1 Å². The van der Waals surface area contributed by atoms with Crippen LogP contribution in [0.2, 0.25) is 0 Å². The van der Waals surface area contributed by atoms with E-state index in [2.05, 4.69) is 30.3 Å². The lowest BCUT2D eigenvalue weighted by Crippen LogP contribution is -2.14. The molecule has 0 fully saturated rings. The molecule has 5 heteroatoms. The molecule has 0 bridgehead atoms. The molecule has 0 aliphatic heterocycles. The maximum absolute atomic E-state index is 7.57. The minimum atomic E-state index is 0.0616. The summed E-state index contributed by atoms with van der Waals surface area (Å²) >= 11 is 1.70. The number of aromatic nitrogens is 1. The molecule has 0 aliphatic rings. The van der Waals surface area contributed by atoms with Crippen molar-refractivity contribution in [2.45, 2.75) is 33.6 Å². The molecule has 24 heavy (non-hydrogen) atoms. The lowest BCUT2D eigenvalue weighted by molar-refractivity contribution is 0.366. The van der Waals surface area contributed by atoms with Gasteiger partial charge in [-0.15, -0.1) is 11.3 Å². The summed E-state index contributed by atoms with van der Waals surface area (Å²) < 4.78 is 5.39. The molecule has 2 rings (SSSR count). The van der Waals surface area contributed by atoms with Crippen LogP contribution in [0.15, 0.2) is 29.7 Å². The van der Waals surface area contributed by atoms with Gasteiger partial charge in [-0.2, -0.15) is 0 Å². The zero-order chi connectivity index (χ0) is 17.7. The molecular formula is C19H25N3OS. The largest absolute Gasteiger partial charge is 0.496 e. The Labute approximate surface area is 147 Å². The van der Waals surface area contributed by atoms with Crippen LogP contribution in [-0.4, -0.2) is 17.9 Å². The van der Waals surface area contributed by atoms with Gasteiger partial charge in [0.15, 0.2) is 0 Å². The third kappa shape index (κ3) is 4.93. The second kappa shape index (κ2) is 7.62. The number of nitrogen functional groups attached to an aromatic ring is 1. The normalized spacial score (nSPS) is 11.8. The smallest absolute Gasteiger partial charge is 0.126 e. The van der Waals surface area contributed by atoms with Crippen molar-refractivity contribution in [3.05, 3.63) is 51.5 Å². The van der Waals surface area contributed by atoms with Crippen LogP contribution >= 0.6 is 11.3 Å². The molecule has 2 aromatic rings. The number of nitrogens with two attached hydrogens (primary N) is 1. The zero-order valence-electron chi connectivity index (χ0n) is 14.7. The predicted molar refractivity (Wildman–Crippen MR) is 102 cm³/mol. The van der Waals surface area contributed by atoms with Crippen LogP contribution in [0.25, 0.3) is 6.08 Å². The van der Waals surface area contributed by atoms with E-state index in [9.17, 15) is 0 Å². The van der Waals surface area contributed by atoms with Gasteiger partial charge in [0.25, 0.3) is 0 Å². The lowest BCUT2D eigenvalue weighted by atomic mass is 9.84. The summed E-state index contributed by atoms with van der Waals surface area (Å²) in [7, 11) is 1.65. The standard InChI is InChI=1S/C19H25N3OS/c1-13-22-16(12-24-13)11-19(2,3)9-5-6-14-10-15(18(20)21)7-8-17(14)23-4/h5-8,10,12H,9,11H2,1-4H3,(H3,20,21)/b6-5+. The molecular weight excluding hydrogens is 318 g/mol. The van der Waals surface area contributed by atoms with Gasteiger partial charge in [0.05, 0.1) is 17.8 Å². The fraction of sp³-hybridized carbons (Fsp3) is 0.368. The number of rotatable bonds is 7. The number of thiazole rings is 1. The minimum Gasteiger partial charge on any atom is -0.496 e. The quantitative estimate of drug-likeness (QED) is 0.577. The number of nitrogens with zero attached hydrogens (tertiary/aromatic N) is 1. The molecule has 0 atom stereocenters. The van der Waals surface area contributed by atoms with Crippen LogP contribution in [-0.2, 0) is 6.42 Å². The second-order valence-corrected chi connectivity index (χ2v) is 7.74. The van der Waals surface area contributed by atoms with Gasteiger partial charge in [-0.3, -0.25) is 5.41 Å². The Bertz CT molecular complexity index is 747. The molecule has 0 radical (unpaired) electrons. The van der Waals surface area contributed by atoms with Gasteiger partial charge >= 0.3 is 0 Å². The molecule has 0 amide bonds. The van der Waals surface area contributed by atoms with E-state index in [1.54, 1.807) is 24.5 Å². The zero-order valence-corrected chi connectivity index (χ0v) is 15.5. The van der Waals surface area contributed by atoms with Crippen LogP contribution in [0, 0.1) is 17.7 Å². The van der Waals surface area contributed by atoms with Crippen molar-refractivity contribution in [1.29, 1.82) is 5.41 Å². The van der Waals surface area contributed by atoms with Crippen molar-refractivity contribution in [2.24, 2.45) is 11.1 Å². The lowest BCUT2D eigenvalue weighted by Gasteiger charge is -2.21. The van der Waals surface area contributed by atoms with Crippen LogP contribution < -0.4 is 10.5 Å². The summed E-state index contributed by atoms with van der Waals surface area (Å²) in [6, 6.07) is 5.53. The fourth-order valence-electron chi connectivity index (χ4n) is 2.59. The van der Waals surface area contributed by atoms with E-state index in [0.29, 0.717) is 5.56 Å². The van der Waals surface area contributed by atoms with Crippen molar-refractivity contribution in [1.82, 2.24) is 4.98 Å². The maximum Gasteiger partial charge on any atom is 0.126 e. The molecule has 1 aromatic carbocycles. The summed E-state index contributed by atoms with van der Waals surface area (Å²) in [6.07, 6.45) is 6.07. The Hall–Kier alpha value is -2.14. The second-order valence-electron chi connectivity index (χ2n) is 6.68. The van der Waals surface area contributed by atoms with Gasteiger partial charge in [-0.05, 0) is 43.4 Å². The minimum absolute atomic E-state index is 0.0616. The van der Waals surface area contributed by atoms with Crippen molar-refractivity contribution in [3.63, 3.8) is 0 Å². The number of hydrogen-bond acceptors (Lipinski definition) is 4. The first-order valence-electron chi connectivity index (χ1n) is 7.91. The van der Waals surface area contributed by atoms with E-state index in [0.717, 1.165) is 34.9 Å². The first-order valence-corrected chi connectivity index (χ1v) is 8.79. The highest BCUT2D eigenvalue weighted by Gasteiger charge is 2.18. The molecule has 0 aliphatic carbocycles. The Morgan fingerprint density at radius 3 is 2.75 bits per heavy atom. The number of allylic oxidation sites excluding steroid dienone is 1. The molecule has 4 nitrogen and oxygen atoms in total. The van der Waals surface area contributed by atoms with E-state index < -0.39 is 0 Å². The maximum atomic E-state index is 7.57. The van der Waals surface area contributed by atoms with Gasteiger partial charge in [-0.25, -0.2) is 4.98 Å². The average molecular weight is 343 g/mol. The monoisotopic (exact) mass is 343 g/mol. The number of methoxy groups -OCH3 is 1. The number of ether oxygens (including phenoxy) is 1. The number of benzene rings is 1. The highest BCUT2D eigenvalue weighted by Crippen LogP contribution is 2.28. The summed E-state index contributed by atoms with van der Waals surface area (Å²) in [6.45, 7) is 6.53. The molecule has 0 saturated carbocycles. The van der Waals surface area contributed by atoms with E-state index in [-0.39, 0.29) is 11.3 Å². The van der Waals surface area contributed by atoms with Crippen molar-refractivity contribution in [3.8, 4) is 5.75 Å². The summed E-state index contributed by atoms with van der Waals surface area (Å²) in [5.74, 6) is 0.843. The Balaban J connectivity index is 2.09. The highest BCUT2D eigenvalue weighted by atomic mass is 32.1. The first-order chi connectivity index (χ1) is 11.3. The van der Waals surface area contributed by atoms with Crippen LogP contribution in [0.3, 0.4) is 0 Å². The van der Waals surface area contributed by atoms with Gasteiger partial charge in [0.1, 0.15) is 11.6 Å². The topological polar surface area (TPSA) is 72.0 Å². The first kappa shape index (κ1) is 18.2. The van der Waals surface area contributed by atoms with E-state index >= 15 is 0 Å². The summed E-state index contributed by atoms with van der Waals surface area (Å²) in [5.41, 5.74) is 8.50. The summed E-state index contributed by atoms with van der Waals surface area (Å²) in [4.78, 5) is 4.56. The summed E-state index contributed by atoms with van der Waals surface area (Å²) in [5, 5.41) is 10.8. The van der Waals surface area contributed by atoms with Crippen molar-refractivity contribution >= 4 is 23.2 Å². The third-order valence-corrected chi connectivity index (χ3v) is 4.66. The Kier molecular flexibility index (Phi) is 5.78. The van der Waals surface area contributed by atoms with Gasteiger partial charge in [0.2, 0.25) is 0 Å². The van der Waals surface area contributed by atoms with Gasteiger partial charge in [-0.1, -0.05) is 26.0 Å². The molecule has 0 saturated heterocycles. The van der Waals surface area contributed by atoms with Gasteiger partial charge in [0, 0.05) is 16.5 Å². The highest BCUT2D eigenvalue weighted by molar-refractivity contribution is 7.09. The molecule has 0 unspecified atom stereocenters. The van der Waals surface area contributed by atoms with Crippen LogP contribution in [0.4, 0.5) is 0 Å². The number of hydrogen-bond donors (Lipinski definition) is 2. The van der Waals surface area contributed by atoms with Crippen LogP contribution in [0.5, 0.6) is 5.75 Å². The van der Waals surface area contributed by atoms with E-state index in [4.69, 9.17) is 15.9 Å². The third-order valence-electron chi connectivity index (χ3n) is 3.83. The molecule has 1 aromatic heterocycles. The van der Waals surface area contributed by atoms with Crippen molar-refractivity contribution < 1.29 is 4.74 Å². The fourth-order valence-corrected chi connectivity index (χ4v) is 3.20. The molecule has 128 valence electrons. The number of amidine groups is 1. The SMILES string of the molecule is COc1ccc(C(=N)N)cc1/C=C/CC(C)(C)Cc1csc(C)n1. The molecule has 0 spiro atoms. The average Bonchev–Trinajstić information content (AvgIpc) is 2.91. The predicted octanol–water partition coefficient (Wildman–Crippen LogP) is 4.42. The van der Waals surface area contributed by atoms with E-state index in [1.165, 1.54) is 0 Å². The molecule has 3 N–H and O–H groups in total. The Morgan fingerprint density at radius 2 is 2.17 bits per heavy atom. The van der Waals surface area contributed by atoms with E-state index in [1.807, 2.05) is 25.1 Å². The number of nitrogens with one attached hydrogen (secondary N) is 1. The number of aryl methyl sites for hydroxylation is 1. The van der Waals surface area contributed by atoms with Gasteiger partial charge < -0.3 is 10.5 Å². The molecule has 1 heterocycles.